The van der Waals surface area contributed by atoms with Gasteiger partial charge in [-0.25, -0.2) is 0 Å². The largest absolute Gasteiger partial charge is 0.382 e. The van der Waals surface area contributed by atoms with Crippen molar-refractivity contribution in [2.45, 2.75) is 6.92 Å². The van der Waals surface area contributed by atoms with E-state index in [2.05, 4.69) is 15.3 Å². The molecule has 0 spiro atoms. The van der Waals surface area contributed by atoms with Gasteiger partial charge in [-0.15, -0.1) is 10.2 Å². The van der Waals surface area contributed by atoms with Crippen LogP contribution in [0.2, 0.25) is 0 Å². The van der Waals surface area contributed by atoms with E-state index in [-0.39, 0.29) is 17.1 Å². The molecule has 2 aromatic carbocycles. The number of rotatable bonds is 3. The molecule has 0 radical (unpaired) electrons. The predicted octanol–water partition coefficient (Wildman–Crippen LogP) is 3.53. The van der Waals surface area contributed by atoms with E-state index in [9.17, 15) is 10.5 Å². The molecule has 0 fully saturated rings. The van der Waals surface area contributed by atoms with Gasteiger partial charge >= 0.3 is 0 Å². The monoisotopic (exact) mass is 377 g/mol. The highest BCUT2D eigenvalue weighted by molar-refractivity contribution is 5.88. The summed E-state index contributed by atoms with van der Waals surface area (Å²) in [5.41, 5.74) is 10.7. The third-order valence-electron chi connectivity index (χ3n) is 4.53. The Labute approximate surface area is 167 Å². The summed E-state index contributed by atoms with van der Waals surface area (Å²) in [6, 6.07) is 22.6. The molecule has 7 heteroatoms. The number of hydrogen-bond donors (Lipinski definition) is 1. The van der Waals surface area contributed by atoms with E-state index in [1.807, 2.05) is 61.5 Å². The van der Waals surface area contributed by atoms with E-state index in [4.69, 9.17) is 5.73 Å². The van der Waals surface area contributed by atoms with Crippen molar-refractivity contribution in [3.8, 4) is 23.4 Å². The first-order valence-electron chi connectivity index (χ1n) is 8.81. The van der Waals surface area contributed by atoms with Gasteiger partial charge in [-0.2, -0.15) is 20.1 Å². The van der Waals surface area contributed by atoms with Crippen molar-refractivity contribution in [2.24, 2.45) is 0 Å². The van der Waals surface area contributed by atoms with Crippen LogP contribution in [0.5, 0.6) is 0 Å². The minimum atomic E-state index is -0.0949. The normalized spacial score (nSPS) is 10.3. The zero-order valence-corrected chi connectivity index (χ0v) is 15.5. The lowest BCUT2D eigenvalue weighted by molar-refractivity contribution is 0.894. The Morgan fingerprint density at radius 1 is 0.966 bits per heavy atom. The molecule has 138 valence electrons. The molecule has 0 atom stereocenters. The van der Waals surface area contributed by atoms with Crippen LogP contribution in [0.3, 0.4) is 0 Å². The summed E-state index contributed by atoms with van der Waals surface area (Å²) in [4.78, 5) is 0. The minimum absolute atomic E-state index is 0.0949. The molecule has 0 aliphatic heterocycles. The zero-order chi connectivity index (χ0) is 20.4. The van der Waals surface area contributed by atoms with Crippen molar-refractivity contribution in [1.29, 1.82) is 10.5 Å². The van der Waals surface area contributed by atoms with E-state index in [0.717, 1.165) is 11.1 Å². The molecular weight excluding hydrogens is 362 g/mol. The number of nitrogens with two attached hydrogens (primary N) is 1. The van der Waals surface area contributed by atoms with Crippen LogP contribution >= 0.6 is 0 Å². The molecular formula is C22H15N7. The molecule has 29 heavy (non-hydrogen) atoms. The molecule has 0 saturated carbocycles. The predicted molar refractivity (Wildman–Crippen MR) is 109 cm³/mol. The Balaban J connectivity index is 1.93. The molecule has 4 aromatic rings. The van der Waals surface area contributed by atoms with Crippen LogP contribution in [0, 0.1) is 29.6 Å². The van der Waals surface area contributed by atoms with Gasteiger partial charge in [0.1, 0.15) is 23.4 Å². The fourth-order valence-corrected chi connectivity index (χ4v) is 3.06. The minimum Gasteiger partial charge on any atom is -0.382 e. The lowest BCUT2D eigenvalue weighted by Gasteiger charge is -2.10. The molecule has 0 unspecified atom stereocenters. The highest BCUT2D eigenvalue weighted by Gasteiger charge is 2.20. The van der Waals surface area contributed by atoms with Gasteiger partial charge in [0.25, 0.3) is 0 Å². The van der Waals surface area contributed by atoms with Crippen molar-refractivity contribution in [3.05, 3.63) is 83.1 Å². The molecule has 0 amide bonds. The molecule has 0 aliphatic carbocycles. The van der Waals surface area contributed by atoms with E-state index in [0.29, 0.717) is 22.5 Å². The van der Waals surface area contributed by atoms with Gasteiger partial charge in [0.15, 0.2) is 11.5 Å². The van der Waals surface area contributed by atoms with Crippen molar-refractivity contribution in [3.63, 3.8) is 0 Å². The van der Waals surface area contributed by atoms with Crippen molar-refractivity contribution < 1.29 is 0 Å². The van der Waals surface area contributed by atoms with Gasteiger partial charge < -0.3 is 5.73 Å². The summed E-state index contributed by atoms with van der Waals surface area (Å²) >= 11 is 0. The van der Waals surface area contributed by atoms with Crippen LogP contribution in [0.15, 0.2) is 66.2 Å². The summed E-state index contributed by atoms with van der Waals surface area (Å²) in [5.74, 6) is 0.204. The number of benzene rings is 2. The topological polar surface area (TPSA) is 117 Å². The summed E-state index contributed by atoms with van der Waals surface area (Å²) in [5, 5.41) is 31.9. The Kier molecular flexibility index (Phi) is 4.48. The summed E-state index contributed by atoms with van der Waals surface area (Å²) in [6.07, 6.45) is 0. The summed E-state index contributed by atoms with van der Waals surface area (Å²) in [6.45, 7) is 2.02. The molecule has 2 heterocycles. The van der Waals surface area contributed by atoms with E-state index >= 15 is 0 Å². The quantitative estimate of drug-likeness (QED) is 0.546. The number of allylic oxidation sites excluding steroid dienone is 1. The second kappa shape index (κ2) is 7.26. The van der Waals surface area contributed by atoms with Gasteiger partial charge in [-0.05, 0) is 12.5 Å². The van der Waals surface area contributed by atoms with Gasteiger partial charge in [0, 0.05) is 17.2 Å². The standard InChI is InChI=1S/C22H15N7/c1-14-7-9-15(10-8-14)18-11-19-26-27-21(22(25)29(19)28-18)20(17(12-23)13-24)16-5-3-2-4-6-16/h2-11H,25H2,1H3. The number of nitriles is 2. The second-order valence-corrected chi connectivity index (χ2v) is 6.44. The maximum atomic E-state index is 9.46. The lowest BCUT2D eigenvalue weighted by atomic mass is 9.98. The maximum absolute atomic E-state index is 9.46. The zero-order valence-electron chi connectivity index (χ0n) is 15.5. The third-order valence-corrected chi connectivity index (χ3v) is 4.53. The highest BCUT2D eigenvalue weighted by Crippen LogP contribution is 2.30. The molecule has 0 aliphatic rings. The molecule has 0 saturated heterocycles. The van der Waals surface area contributed by atoms with E-state index in [1.54, 1.807) is 18.2 Å². The molecule has 7 nitrogen and oxygen atoms in total. The number of fused-ring (bicyclic) bond motifs is 1. The van der Waals surface area contributed by atoms with Crippen LogP contribution in [0.1, 0.15) is 16.8 Å². The smallest absolute Gasteiger partial charge is 0.180 e. The van der Waals surface area contributed by atoms with Crippen LogP contribution in [-0.4, -0.2) is 19.8 Å². The first-order valence-corrected chi connectivity index (χ1v) is 8.81. The fraction of sp³-hybridized carbons (Fsp3) is 0.0455. The van der Waals surface area contributed by atoms with Crippen molar-refractivity contribution in [2.75, 3.05) is 5.73 Å². The fourth-order valence-electron chi connectivity index (χ4n) is 3.06. The third kappa shape index (κ3) is 3.18. The Bertz CT molecular complexity index is 1300. The Morgan fingerprint density at radius 2 is 1.66 bits per heavy atom. The Hall–Kier alpha value is -4.49. The molecule has 0 bridgehead atoms. The molecule has 4 rings (SSSR count). The van der Waals surface area contributed by atoms with Crippen LogP contribution in [0.25, 0.3) is 22.5 Å². The summed E-state index contributed by atoms with van der Waals surface area (Å²) in [7, 11) is 0. The average molecular weight is 377 g/mol. The van der Waals surface area contributed by atoms with Gasteiger partial charge in [0.2, 0.25) is 0 Å². The van der Waals surface area contributed by atoms with Gasteiger partial charge in [-0.1, -0.05) is 60.2 Å². The molecule has 2 N–H and O–H groups in total. The number of aryl methyl sites for hydroxylation is 1. The first-order chi connectivity index (χ1) is 14.1. The van der Waals surface area contributed by atoms with Crippen molar-refractivity contribution >= 4 is 17.0 Å². The number of nitrogens with zero attached hydrogens (tertiary/aromatic N) is 6. The highest BCUT2D eigenvalue weighted by atomic mass is 15.3. The lowest BCUT2D eigenvalue weighted by Crippen LogP contribution is -2.09. The number of aromatic nitrogens is 4. The average Bonchev–Trinajstić information content (AvgIpc) is 3.19. The van der Waals surface area contributed by atoms with Crippen LogP contribution in [0.4, 0.5) is 5.82 Å². The number of anilines is 1. The summed E-state index contributed by atoms with van der Waals surface area (Å²) < 4.78 is 1.48. The van der Waals surface area contributed by atoms with Crippen molar-refractivity contribution in [1.82, 2.24) is 19.8 Å². The van der Waals surface area contributed by atoms with E-state index < -0.39 is 0 Å². The van der Waals surface area contributed by atoms with E-state index in [1.165, 1.54) is 4.52 Å². The first kappa shape index (κ1) is 17.9. The Morgan fingerprint density at radius 3 is 2.31 bits per heavy atom. The van der Waals surface area contributed by atoms with Crippen LogP contribution in [-0.2, 0) is 0 Å². The van der Waals surface area contributed by atoms with Gasteiger partial charge in [-0.3, -0.25) is 0 Å². The molecule has 2 aromatic heterocycles. The van der Waals surface area contributed by atoms with Crippen LogP contribution < -0.4 is 5.73 Å². The number of nitrogen functional groups attached to an aromatic ring is 1. The number of hydrogen-bond acceptors (Lipinski definition) is 6. The van der Waals surface area contributed by atoms with Gasteiger partial charge in [0.05, 0.1) is 5.69 Å². The SMILES string of the molecule is Cc1ccc(-c2cc3nnc(C(=C(C#N)C#N)c4ccccc4)c(N)n3n2)cc1. The second-order valence-electron chi connectivity index (χ2n) is 6.44. The maximum Gasteiger partial charge on any atom is 0.180 e.